The third-order valence-corrected chi connectivity index (χ3v) is 4.54. The Labute approximate surface area is 94.7 Å². The van der Waals surface area contributed by atoms with Crippen LogP contribution in [0.4, 0.5) is 0 Å². The molecule has 0 spiro atoms. The van der Waals surface area contributed by atoms with Crippen molar-refractivity contribution in [3.8, 4) is 6.07 Å². The molecule has 1 fully saturated rings. The number of carbonyl (C=O) groups is 1. The highest BCUT2D eigenvalue weighted by molar-refractivity contribution is 7.52. The number of amides is 1. The van der Waals surface area contributed by atoms with Crippen LogP contribution in [0.2, 0.25) is 0 Å². The maximum absolute atomic E-state index is 12.1. The quantitative estimate of drug-likeness (QED) is 0.655. The predicted octanol–water partition coefficient (Wildman–Crippen LogP) is 1.54. The van der Waals surface area contributed by atoms with E-state index < -0.39 is 24.7 Å². The second-order valence-electron chi connectivity index (χ2n) is 4.61. The molecule has 0 aliphatic carbocycles. The molecule has 0 radical (unpaired) electrons. The van der Waals surface area contributed by atoms with Crippen molar-refractivity contribution in [3.63, 3.8) is 0 Å². The van der Waals surface area contributed by atoms with Crippen molar-refractivity contribution in [2.45, 2.75) is 26.4 Å². The Bertz CT molecular complexity index is 409. The van der Waals surface area contributed by atoms with Crippen LogP contribution in [-0.4, -0.2) is 30.3 Å². The molecule has 0 aromatic rings. The first-order valence-corrected chi connectivity index (χ1v) is 6.20. The number of hydrogen-bond donors (Lipinski definition) is 0. The van der Waals surface area contributed by atoms with Gasteiger partial charge in [0.15, 0.2) is 0 Å². The van der Waals surface area contributed by atoms with Crippen LogP contribution >= 0.6 is 7.75 Å². The van der Waals surface area contributed by atoms with Gasteiger partial charge in [0, 0.05) is 19.6 Å². The third-order valence-electron chi connectivity index (χ3n) is 2.66. The SMILES string of the molecule is CO[P@]1(=O)O[C@](C#N)(C(C)(C)C)C(=O)N1C. The van der Waals surface area contributed by atoms with E-state index in [0.717, 1.165) is 4.67 Å². The minimum atomic E-state index is -3.67. The molecule has 1 rings (SSSR count). The van der Waals surface area contributed by atoms with Crippen molar-refractivity contribution in [1.29, 1.82) is 5.26 Å². The van der Waals surface area contributed by atoms with E-state index in [9.17, 15) is 9.36 Å². The van der Waals surface area contributed by atoms with E-state index in [4.69, 9.17) is 14.3 Å². The molecule has 0 bridgehead atoms. The number of likely N-dealkylation sites (N-methyl/N-ethyl adjacent to an activating group) is 1. The number of carbonyl (C=O) groups excluding carboxylic acids is 1. The van der Waals surface area contributed by atoms with Crippen LogP contribution in [0.1, 0.15) is 20.8 Å². The molecule has 6 nitrogen and oxygen atoms in total. The van der Waals surface area contributed by atoms with Crippen molar-refractivity contribution in [2.75, 3.05) is 14.2 Å². The van der Waals surface area contributed by atoms with Gasteiger partial charge in [-0.25, -0.2) is 9.24 Å². The molecule has 0 aromatic carbocycles. The maximum Gasteiger partial charge on any atom is 0.439 e. The van der Waals surface area contributed by atoms with Crippen molar-refractivity contribution in [1.82, 2.24) is 4.67 Å². The van der Waals surface area contributed by atoms with Gasteiger partial charge < -0.3 is 0 Å². The lowest BCUT2D eigenvalue weighted by Crippen LogP contribution is -2.49. The van der Waals surface area contributed by atoms with Crippen LogP contribution in [0.5, 0.6) is 0 Å². The van der Waals surface area contributed by atoms with Gasteiger partial charge in [-0.1, -0.05) is 20.8 Å². The fraction of sp³-hybridized carbons (Fsp3) is 0.778. The molecule has 1 aliphatic heterocycles. The summed E-state index contributed by atoms with van der Waals surface area (Å²) in [5.41, 5.74) is -2.55. The van der Waals surface area contributed by atoms with E-state index in [1.54, 1.807) is 20.8 Å². The molecule has 1 amide bonds. The second kappa shape index (κ2) is 3.56. The van der Waals surface area contributed by atoms with Gasteiger partial charge in [0.25, 0.3) is 5.91 Å². The molecule has 2 atom stereocenters. The molecule has 1 saturated heterocycles. The van der Waals surface area contributed by atoms with E-state index >= 15 is 0 Å². The maximum atomic E-state index is 12.1. The fourth-order valence-corrected chi connectivity index (χ4v) is 3.01. The van der Waals surface area contributed by atoms with Gasteiger partial charge in [-0.3, -0.25) is 13.8 Å². The van der Waals surface area contributed by atoms with Crippen LogP contribution in [0.15, 0.2) is 0 Å². The molecule has 90 valence electrons. The summed E-state index contributed by atoms with van der Waals surface area (Å²) >= 11 is 0. The van der Waals surface area contributed by atoms with Gasteiger partial charge in [-0.15, -0.1) is 0 Å². The summed E-state index contributed by atoms with van der Waals surface area (Å²) in [6, 6.07) is 1.82. The van der Waals surface area contributed by atoms with Crippen LogP contribution in [0.25, 0.3) is 0 Å². The van der Waals surface area contributed by atoms with Crippen molar-refractivity contribution in [2.24, 2.45) is 5.41 Å². The molecule has 1 aliphatic rings. The summed E-state index contributed by atoms with van der Waals surface area (Å²) in [5, 5.41) is 9.17. The molecule has 0 unspecified atom stereocenters. The Hall–Kier alpha value is -0.890. The molecule has 0 aromatic heterocycles. The first-order chi connectivity index (χ1) is 7.14. The Kier molecular flexibility index (Phi) is 2.93. The number of nitriles is 1. The van der Waals surface area contributed by atoms with Gasteiger partial charge in [0.2, 0.25) is 5.60 Å². The zero-order valence-corrected chi connectivity index (χ0v) is 10.9. The molecule has 16 heavy (non-hydrogen) atoms. The Morgan fingerprint density at radius 2 is 2.06 bits per heavy atom. The predicted molar refractivity (Wildman–Crippen MR) is 56.3 cm³/mol. The Morgan fingerprint density at radius 1 is 1.56 bits per heavy atom. The summed E-state index contributed by atoms with van der Waals surface area (Å²) in [7, 11) is -1.19. The summed E-state index contributed by atoms with van der Waals surface area (Å²) in [6.45, 7) is 5.02. The van der Waals surface area contributed by atoms with Gasteiger partial charge in [0.05, 0.1) is 0 Å². The monoisotopic (exact) mass is 246 g/mol. The van der Waals surface area contributed by atoms with Gasteiger partial charge in [-0.05, 0) is 0 Å². The third kappa shape index (κ3) is 1.47. The van der Waals surface area contributed by atoms with Crippen LogP contribution < -0.4 is 0 Å². The number of hydrogen-bond acceptors (Lipinski definition) is 5. The largest absolute Gasteiger partial charge is 0.439 e. The van der Waals surface area contributed by atoms with Gasteiger partial charge in [-0.2, -0.15) is 5.26 Å². The zero-order valence-electron chi connectivity index (χ0n) is 9.97. The van der Waals surface area contributed by atoms with E-state index in [1.807, 2.05) is 6.07 Å². The van der Waals surface area contributed by atoms with E-state index in [0.29, 0.717) is 0 Å². The second-order valence-corrected chi connectivity index (χ2v) is 6.70. The van der Waals surface area contributed by atoms with Crippen LogP contribution in [-0.2, 0) is 18.4 Å². The first kappa shape index (κ1) is 13.2. The summed E-state index contributed by atoms with van der Waals surface area (Å²) in [4.78, 5) is 12.0. The lowest BCUT2D eigenvalue weighted by molar-refractivity contribution is -0.138. The minimum absolute atomic E-state index is 0.632. The molecule has 0 saturated carbocycles. The van der Waals surface area contributed by atoms with Crippen LogP contribution in [0, 0.1) is 16.7 Å². The van der Waals surface area contributed by atoms with Crippen molar-refractivity contribution >= 4 is 13.7 Å². The highest BCUT2D eigenvalue weighted by atomic mass is 31.2. The normalized spacial score (nSPS) is 35.2. The lowest BCUT2D eigenvalue weighted by Gasteiger charge is -2.31. The number of nitrogens with zero attached hydrogens (tertiary/aromatic N) is 2. The molecular formula is C9H15N2O4P. The Morgan fingerprint density at radius 3 is 2.25 bits per heavy atom. The smallest absolute Gasteiger partial charge is 0.295 e. The van der Waals surface area contributed by atoms with Gasteiger partial charge in [0.1, 0.15) is 6.07 Å². The van der Waals surface area contributed by atoms with Crippen LogP contribution in [0.3, 0.4) is 0 Å². The highest BCUT2D eigenvalue weighted by Gasteiger charge is 2.64. The summed E-state index contributed by atoms with van der Waals surface area (Å²) in [6.07, 6.45) is 0. The topological polar surface area (TPSA) is 79.6 Å². The molecule has 0 N–H and O–H groups in total. The molecule has 1 heterocycles. The Balaban J connectivity index is 3.36. The highest BCUT2D eigenvalue weighted by Crippen LogP contribution is 2.62. The zero-order chi connectivity index (χ0) is 12.8. The lowest BCUT2D eigenvalue weighted by atomic mass is 9.77. The minimum Gasteiger partial charge on any atom is -0.295 e. The molecular weight excluding hydrogens is 231 g/mol. The summed E-state index contributed by atoms with van der Waals surface area (Å²) < 4.78 is 22.8. The van der Waals surface area contributed by atoms with Crippen molar-refractivity contribution < 1.29 is 18.4 Å². The van der Waals surface area contributed by atoms with E-state index in [1.165, 1.54) is 14.2 Å². The average molecular weight is 246 g/mol. The van der Waals surface area contributed by atoms with E-state index in [2.05, 4.69) is 0 Å². The van der Waals surface area contributed by atoms with Crippen molar-refractivity contribution in [3.05, 3.63) is 0 Å². The fourth-order valence-electron chi connectivity index (χ4n) is 1.47. The van der Waals surface area contributed by atoms with E-state index in [-0.39, 0.29) is 0 Å². The van der Waals surface area contributed by atoms with Gasteiger partial charge >= 0.3 is 7.75 Å². The molecule has 7 heteroatoms. The first-order valence-electron chi connectivity index (χ1n) is 4.71. The average Bonchev–Trinajstić information content (AvgIpc) is 2.40. The number of rotatable bonds is 1. The standard InChI is InChI=1S/C9H15N2O4P/c1-8(2,3)9(6-10)7(12)11(4)16(13,14-5)15-9/h1-5H3/t9-,16-/m0/s1. The summed E-state index contributed by atoms with van der Waals surface area (Å²) in [5.74, 6) is -0.632.